The van der Waals surface area contributed by atoms with E-state index in [1.165, 1.54) is 56.5 Å². The molecule has 0 saturated carbocycles. The Morgan fingerprint density at radius 2 is 1.00 bits per heavy atom. The van der Waals surface area contributed by atoms with Crippen LogP contribution < -0.4 is 20.1 Å². The van der Waals surface area contributed by atoms with Crippen LogP contribution in [0.5, 0.6) is 11.5 Å². The highest BCUT2D eigenvalue weighted by Crippen LogP contribution is 2.55. The van der Waals surface area contributed by atoms with Gasteiger partial charge in [0.2, 0.25) is 0 Å². The standard InChI is InChI=1S/C33H32Cl2F2N2O3.C33H35ClF2N2O2/c1-18(40)19-9-10-20(27(14-19)42-5)13-26(41)31-29(22-7-6-8-24(35)30(22)37)33(17-38,28(39-31)16-32(2,3)4)23-12-11-21(34)15-25(23)36;1-19-11-13-23(25(35)14-19)33(18-37)28(17-32(3,4)5)38-31(29(33)22-8-7-9-24(34)30(22)36)26(39)16-21-12-10-20(2)15-27(21)40-6/h6-12,14-15,28-29,31,39H,13,16H2,1-5H3;7-15,28-29,31,38H,16-17H2,1-6H3/t2*28-,29-,31-,33-/m00/s1. The van der Waals surface area contributed by atoms with E-state index in [1.54, 1.807) is 56.5 Å². The predicted octanol–water partition coefficient (Wildman–Crippen LogP) is 15.0. The van der Waals surface area contributed by atoms with Gasteiger partial charge in [-0.05, 0) is 109 Å². The van der Waals surface area contributed by atoms with Gasteiger partial charge in [0.1, 0.15) is 45.6 Å². The average molecular weight is 1180 g/mol. The lowest BCUT2D eigenvalue weighted by atomic mass is 9.62. The predicted molar refractivity (Wildman–Crippen MR) is 313 cm³/mol. The molecule has 0 aromatic heterocycles. The zero-order chi connectivity index (χ0) is 60.4. The van der Waals surface area contributed by atoms with E-state index in [9.17, 15) is 24.9 Å². The van der Waals surface area contributed by atoms with Crippen molar-refractivity contribution in [2.45, 2.75) is 135 Å². The normalized spacial score (nSPS) is 22.3. The summed E-state index contributed by atoms with van der Waals surface area (Å²) in [6, 6.07) is 29.3. The van der Waals surface area contributed by atoms with Crippen LogP contribution >= 0.6 is 34.8 Å². The Morgan fingerprint density at radius 1 is 0.585 bits per heavy atom. The Bertz CT molecular complexity index is 3510. The number of ketones is 3. The zero-order valence-corrected chi connectivity index (χ0v) is 50.0. The molecule has 0 aliphatic carbocycles. The number of Topliss-reactive ketones (excluding diaryl/α,β-unsaturated/α-hetero) is 3. The third-order valence-corrected chi connectivity index (χ3v) is 16.5. The minimum Gasteiger partial charge on any atom is -0.496 e. The number of hydrogen-bond donors (Lipinski definition) is 2. The molecule has 0 amide bonds. The topological polar surface area (TPSA) is 141 Å². The third kappa shape index (κ3) is 12.8. The first kappa shape index (κ1) is 63.0. The van der Waals surface area contributed by atoms with Crippen LogP contribution in [-0.4, -0.2) is 55.7 Å². The SMILES string of the molecule is COc1cc(C(C)=O)ccc1CC(=O)[C@@H]1N[C@@H](CC(C)(C)C)[C@](C#N)(c2ccc(Cl)cc2F)[C@H]1c1cccc(Cl)c1F.COc1cc(C)ccc1CC(=O)[C@@H]1N[C@@H](CC(C)(C)C)[C@](C#N)(c2ccc(C)cc2F)[C@H]1c1cccc(Cl)c1F. The van der Waals surface area contributed by atoms with E-state index in [-0.39, 0.29) is 78.3 Å². The summed E-state index contributed by atoms with van der Waals surface area (Å²) in [5.74, 6) is -4.86. The number of nitriles is 2. The first-order valence-electron chi connectivity index (χ1n) is 26.9. The first-order chi connectivity index (χ1) is 38.5. The van der Waals surface area contributed by atoms with E-state index in [0.717, 1.165) is 11.6 Å². The number of carbonyl (C=O) groups is 3. The summed E-state index contributed by atoms with van der Waals surface area (Å²) in [5, 5.41) is 28.5. The lowest BCUT2D eigenvalue weighted by molar-refractivity contribution is -0.121. The van der Waals surface area contributed by atoms with Crippen molar-refractivity contribution < 1.29 is 41.4 Å². The van der Waals surface area contributed by atoms with Gasteiger partial charge in [-0.1, -0.05) is 143 Å². The number of nitrogens with one attached hydrogen (secondary N) is 2. The van der Waals surface area contributed by atoms with E-state index >= 15 is 17.6 Å². The van der Waals surface area contributed by atoms with Gasteiger partial charge < -0.3 is 20.1 Å². The fourth-order valence-corrected chi connectivity index (χ4v) is 12.6. The number of hydrogen-bond acceptors (Lipinski definition) is 9. The number of rotatable bonds is 15. The molecule has 2 fully saturated rings. The highest BCUT2D eigenvalue weighted by molar-refractivity contribution is 6.31. The van der Waals surface area contributed by atoms with Gasteiger partial charge in [0.25, 0.3) is 0 Å². The number of carbonyl (C=O) groups excluding carboxylic acids is 3. The number of nitrogens with zero attached hydrogens (tertiary/aromatic N) is 2. The number of halogens is 7. The van der Waals surface area contributed by atoms with Crippen molar-refractivity contribution >= 4 is 52.2 Å². The first-order valence-corrected chi connectivity index (χ1v) is 28.0. The molecule has 2 aliphatic heterocycles. The van der Waals surface area contributed by atoms with Crippen molar-refractivity contribution in [3.8, 4) is 23.6 Å². The molecule has 16 heteroatoms. The molecular formula is C66H67Cl3F4N4O5. The summed E-state index contributed by atoms with van der Waals surface area (Å²) in [7, 11) is 2.98. The van der Waals surface area contributed by atoms with Gasteiger partial charge in [-0.15, -0.1) is 0 Å². The Labute approximate surface area is 493 Å². The molecule has 9 nitrogen and oxygen atoms in total. The molecule has 8 rings (SSSR count). The second kappa shape index (κ2) is 25.1. The van der Waals surface area contributed by atoms with Crippen molar-refractivity contribution in [1.29, 1.82) is 10.5 Å². The minimum atomic E-state index is -1.71. The third-order valence-electron chi connectivity index (χ3n) is 15.7. The monoisotopic (exact) mass is 1180 g/mol. The quantitative estimate of drug-likeness (QED) is 0.0759. The minimum absolute atomic E-state index is 0.0132. The van der Waals surface area contributed by atoms with Crippen LogP contribution in [0.3, 0.4) is 0 Å². The Balaban J connectivity index is 0.000000236. The van der Waals surface area contributed by atoms with Crippen LogP contribution in [0.4, 0.5) is 17.6 Å². The molecule has 82 heavy (non-hydrogen) atoms. The number of benzene rings is 6. The molecule has 0 bridgehead atoms. The van der Waals surface area contributed by atoms with Gasteiger partial charge in [-0.2, -0.15) is 10.5 Å². The molecule has 430 valence electrons. The summed E-state index contributed by atoms with van der Waals surface area (Å²) in [6.45, 7) is 17.1. The van der Waals surface area contributed by atoms with E-state index < -0.39 is 70.1 Å². The fraction of sp³-hybridized carbons (Fsp3) is 0.379. The van der Waals surface area contributed by atoms with Crippen molar-refractivity contribution in [1.82, 2.24) is 10.6 Å². The summed E-state index contributed by atoms with van der Waals surface area (Å²) < 4.78 is 74.2. The highest BCUT2D eigenvalue weighted by Gasteiger charge is 2.62. The van der Waals surface area contributed by atoms with Gasteiger partial charge in [-0.25, -0.2) is 17.6 Å². The molecular weight excluding hydrogens is 1110 g/mol. The molecule has 6 aromatic carbocycles. The van der Waals surface area contributed by atoms with E-state index in [0.29, 0.717) is 46.6 Å². The Morgan fingerprint density at radius 3 is 1.41 bits per heavy atom. The van der Waals surface area contributed by atoms with E-state index in [1.807, 2.05) is 66.7 Å². The van der Waals surface area contributed by atoms with Crippen LogP contribution in [0.2, 0.25) is 15.1 Å². The molecule has 0 unspecified atom stereocenters. The van der Waals surface area contributed by atoms with Gasteiger partial charge in [-0.3, -0.25) is 14.4 Å². The van der Waals surface area contributed by atoms with Crippen LogP contribution in [0, 0.1) is 70.6 Å². The second-order valence-electron chi connectivity index (χ2n) is 23.9. The van der Waals surface area contributed by atoms with Crippen molar-refractivity contribution in [3.05, 3.63) is 198 Å². The van der Waals surface area contributed by atoms with Crippen LogP contribution in [0.15, 0.2) is 109 Å². The molecule has 6 aromatic rings. The lowest BCUT2D eigenvalue weighted by Crippen LogP contribution is -2.44. The highest BCUT2D eigenvalue weighted by atomic mass is 35.5. The van der Waals surface area contributed by atoms with Gasteiger partial charge in [0.15, 0.2) is 17.3 Å². The fourth-order valence-electron chi connectivity index (χ4n) is 12.1. The lowest BCUT2D eigenvalue weighted by Gasteiger charge is -2.37. The van der Waals surface area contributed by atoms with Gasteiger partial charge in [0, 0.05) is 69.6 Å². The molecule has 8 atom stereocenters. The number of ether oxygens (including phenoxy) is 2. The van der Waals surface area contributed by atoms with Crippen molar-refractivity contribution in [2.24, 2.45) is 10.8 Å². The Kier molecular flexibility index (Phi) is 19.3. The second-order valence-corrected chi connectivity index (χ2v) is 25.2. The number of methoxy groups -OCH3 is 2. The molecule has 2 saturated heterocycles. The van der Waals surface area contributed by atoms with Crippen LogP contribution in [0.25, 0.3) is 0 Å². The Hall–Kier alpha value is -6.58. The summed E-state index contributed by atoms with van der Waals surface area (Å²) in [6.07, 6.45) is 0.635. The maximum atomic E-state index is 15.8. The van der Waals surface area contributed by atoms with Crippen LogP contribution in [0.1, 0.15) is 128 Å². The van der Waals surface area contributed by atoms with Gasteiger partial charge >= 0.3 is 0 Å². The average Bonchev–Trinajstić information content (AvgIpc) is 1.72. The van der Waals surface area contributed by atoms with Crippen molar-refractivity contribution in [3.63, 3.8) is 0 Å². The molecule has 2 heterocycles. The van der Waals surface area contributed by atoms with Crippen LogP contribution in [-0.2, 0) is 33.3 Å². The summed E-state index contributed by atoms with van der Waals surface area (Å²) in [4.78, 5) is 40.3. The van der Waals surface area contributed by atoms with E-state index in [4.69, 9.17) is 44.3 Å². The molecule has 0 radical (unpaired) electrons. The smallest absolute Gasteiger partial charge is 0.159 e. The molecule has 2 aliphatic rings. The zero-order valence-electron chi connectivity index (χ0n) is 47.8. The van der Waals surface area contributed by atoms with Gasteiger partial charge in [0.05, 0.1) is 48.5 Å². The molecule has 2 N–H and O–H groups in total. The summed E-state index contributed by atoms with van der Waals surface area (Å²) >= 11 is 18.5. The van der Waals surface area contributed by atoms with Crippen molar-refractivity contribution in [2.75, 3.05) is 14.2 Å². The number of aryl methyl sites for hydroxylation is 2. The van der Waals surface area contributed by atoms with E-state index in [2.05, 4.69) is 22.8 Å². The largest absolute Gasteiger partial charge is 0.496 e. The maximum Gasteiger partial charge on any atom is 0.159 e. The maximum absolute atomic E-state index is 15.8. The molecule has 0 spiro atoms. The summed E-state index contributed by atoms with van der Waals surface area (Å²) in [5.41, 5.74) is -0.404.